The molecule has 3 aromatic rings. The van der Waals surface area contributed by atoms with Crippen molar-refractivity contribution in [1.82, 2.24) is 0 Å². The van der Waals surface area contributed by atoms with E-state index in [1.807, 2.05) is 20.8 Å². The standard InChI is InChI=1S/C22H21NO5/c1-22(2,3)21(26)23-16-8-4-14(5-9-16)18(24)13-27-17-10-6-15-7-11-20(25)28-19(15)12-17/h4-12H,13H2,1-3H3,(H,23,26). The first kappa shape index (κ1) is 19.4. The number of ketones is 1. The maximum atomic E-state index is 12.3. The van der Waals surface area contributed by atoms with Gasteiger partial charge in [-0.2, -0.15) is 0 Å². The highest BCUT2D eigenvalue weighted by molar-refractivity contribution is 5.98. The lowest BCUT2D eigenvalue weighted by molar-refractivity contribution is -0.123. The van der Waals surface area contributed by atoms with Crippen molar-refractivity contribution < 1.29 is 18.7 Å². The summed E-state index contributed by atoms with van der Waals surface area (Å²) in [6, 6.07) is 14.7. The van der Waals surface area contributed by atoms with E-state index in [1.165, 1.54) is 6.07 Å². The van der Waals surface area contributed by atoms with Gasteiger partial charge in [-0.05, 0) is 42.5 Å². The molecule has 0 aliphatic carbocycles. The molecule has 1 amide bonds. The molecule has 0 bridgehead atoms. The minimum atomic E-state index is -0.499. The molecule has 0 fully saturated rings. The van der Waals surface area contributed by atoms with Gasteiger partial charge in [-0.25, -0.2) is 4.79 Å². The van der Waals surface area contributed by atoms with E-state index in [4.69, 9.17) is 9.15 Å². The van der Waals surface area contributed by atoms with E-state index in [2.05, 4.69) is 5.32 Å². The SMILES string of the molecule is CC(C)(C)C(=O)Nc1ccc(C(=O)COc2ccc3ccc(=O)oc3c2)cc1. The molecule has 1 heterocycles. The van der Waals surface area contributed by atoms with Gasteiger partial charge in [0.05, 0.1) is 0 Å². The number of amides is 1. The molecule has 0 atom stereocenters. The Hall–Kier alpha value is -3.41. The first-order valence-corrected chi connectivity index (χ1v) is 8.84. The largest absolute Gasteiger partial charge is 0.485 e. The van der Waals surface area contributed by atoms with Crippen LogP contribution in [0.25, 0.3) is 11.0 Å². The van der Waals surface area contributed by atoms with E-state index in [0.29, 0.717) is 22.6 Å². The summed E-state index contributed by atoms with van der Waals surface area (Å²) in [5.74, 6) is 0.130. The molecule has 3 rings (SSSR count). The Labute approximate surface area is 162 Å². The van der Waals surface area contributed by atoms with Gasteiger partial charge >= 0.3 is 5.63 Å². The van der Waals surface area contributed by atoms with Crippen molar-refractivity contribution in [3.8, 4) is 5.75 Å². The summed E-state index contributed by atoms with van der Waals surface area (Å²) >= 11 is 0. The van der Waals surface area contributed by atoms with Crippen molar-refractivity contribution in [1.29, 1.82) is 0 Å². The molecule has 0 aliphatic rings. The van der Waals surface area contributed by atoms with E-state index in [9.17, 15) is 14.4 Å². The summed E-state index contributed by atoms with van der Waals surface area (Å²) in [6.45, 7) is 5.33. The number of hydrogen-bond acceptors (Lipinski definition) is 5. The second-order valence-corrected chi connectivity index (χ2v) is 7.45. The van der Waals surface area contributed by atoms with Gasteiger partial charge < -0.3 is 14.5 Å². The molecule has 0 saturated carbocycles. The summed E-state index contributed by atoms with van der Waals surface area (Å²) in [5.41, 5.74) is 0.556. The van der Waals surface area contributed by atoms with Crippen LogP contribution in [0.5, 0.6) is 5.75 Å². The third-order valence-electron chi connectivity index (χ3n) is 4.11. The topological polar surface area (TPSA) is 85.6 Å². The molecule has 2 aromatic carbocycles. The summed E-state index contributed by atoms with van der Waals surface area (Å²) in [4.78, 5) is 35.7. The van der Waals surface area contributed by atoms with Crippen LogP contribution in [0.4, 0.5) is 5.69 Å². The molecule has 28 heavy (non-hydrogen) atoms. The van der Waals surface area contributed by atoms with Crippen LogP contribution >= 0.6 is 0 Å². The van der Waals surface area contributed by atoms with E-state index in [1.54, 1.807) is 48.5 Å². The minimum absolute atomic E-state index is 0.0992. The quantitative estimate of drug-likeness (QED) is 0.534. The minimum Gasteiger partial charge on any atom is -0.485 e. The van der Waals surface area contributed by atoms with Crippen LogP contribution in [0.3, 0.4) is 0 Å². The first-order chi connectivity index (χ1) is 13.2. The predicted molar refractivity (Wildman–Crippen MR) is 107 cm³/mol. The van der Waals surface area contributed by atoms with Gasteiger partial charge in [0.15, 0.2) is 12.4 Å². The van der Waals surface area contributed by atoms with E-state index >= 15 is 0 Å². The Kier molecular flexibility index (Phi) is 5.31. The van der Waals surface area contributed by atoms with Crippen LogP contribution < -0.4 is 15.7 Å². The molecular formula is C22H21NO5. The fourth-order valence-corrected chi connectivity index (χ4v) is 2.42. The van der Waals surface area contributed by atoms with E-state index in [-0.39, 0.29) is 18.3 Å². The molecule has 1 N–H and O–H groups in total. The molecular weight excluding hydrogens is 358 g/mol. The second-order valence-electron chi connectivity index (χ2n) is 7.45. The van der Waals surface area contributed by atoms with Crippen molar-refractivity contribution >= 4 is 28.3 Å². The maximum Gasteiger partial charge on any atom is 0.336 e. The zero-order valence-electron chi connectivity index (χ0n) is 15.9. The molecule has 0 radical (unpaired) electrons. The number of fused-ring (bicyclic) bond motifs is 1. The number of carbonyl (C=O) groups excluding carboxylic acids is 2. The molecule has 6 heteroatoms. The molecule has 0 spiro atoms. The van der Waals surface area contributed by atoms with Crippen LogP contribution in [-0.4, -0.2) is 18.3 Å². The van der Waals surface area contributed by atoms with Crippen LogP contribution in [-0.2, 0) is 4.79 Å². The number of Topliss-reactive ketones (excluding diaryl/α,β-unsaturated/α-hetero) is 1. The van der Waals surface area contributed by atoms with Gasteiger partial charge in [0, 0.05) is 34.2 Å². The van der Waals surface area contributed by atoms with Gasteiger partial charge in [0.2, 0.25) is 5.91 Å². The zero-order chi connectivity index (χ0) is 20.3. The summed E-state index contributed by atoms with van der Waals surface area (Å²) in [5, 5.41) is 3.58. The summed E-state index contributed by atoms with van der Waals surface area (Å²) in [7, 11) is 0. The second kappa shape index (κ2) is 7.68. The average Bonchev–Trinajstić information content (AvgIpc) is 2.65. The van der Waals surface area contributed by atoms with Crippen molar-refractivity contribution in [3.63, 3.8) is 0 Å². The molecule has 6 nitrogen and oxygen atoms in total. The Balaban J connectivity index is 1.63. The maximum absolute atomic E-state index is 12.3. The Bertz CT molecular complexity index is 1070. The Morgan fingerprint density at radius 1 is 1.00 bits per heavy atom. The number of rotatable bonds is 5. The zero-order valence-corrected chi connectivity index (χ0v) is 15.9. The number of nitrogens with one attached hydrogen (secondary N) is 1. The number of ether oxygens (including phenoxy) is 1. The van der Waals surface area contributed by atoms with Crippen LogP contribution in [0.2, 0.25) is 0 Å². The number of benzene rings is 2. The average molecular weight is 379 g/mol. The number of carbonyl (C=O) groups is 2. The van der Waals surface area contributed by atoms with Crippen LogP contribution in [0, 0.1) is 5.41 Å². The smallest absolute Gasteiger partial charge is 0.336 e. The molecule has 0 saturated heterocycles. The predicted octanol–water partition coefficient (Wildman–Crippen LogP) is 4.04. The lowest BCUT2D eigenvalue weighted by Crippen LogP contribution is -2.27. The summed E-state index contributed by atoms with van der Waals surface area (Å²) < 4.78 is 10.6. The third-order valence-corrected chi connectivity index (χ3v) is 4.11. The molecule has 0 aliphatic heterocycles. The van der Waals surface area contributed by atoms with Gasteiger partial charge in [0.25, 0.3) is 0 Å². The highest BCUT2D eigenvalue weighted by Crippen LogP contribution is 2.20. The van der Waals surface area contributed by atoms with Crippen molar-refractivity contribution in [2.45, 2.75) is 20.8 Å². The normalized spacial score (nSPS) is 11.2. The summed E-state index contributed by atoms with van der Waals surface area (Å²) in [6.07, 6.45) is 0. The van der Waals surface area contributed by atoms with Crippen molar-refractivity contribution in [2.75, 3.05) is 11.9 Å². The monoisotopic (exact) mass is 379 g/mol. The van der Waals surface area contributed by atoms with Crippen LogP contribution in [0.1, 0.15) is 31.1 Å². The highest BCUT2D eigenvalue weighted by Gasteiger charge is 2.21. The number of anilines is 1. The highest BCUT2D eigenvalue weighted by atomic mass is 16.5. The van der Waals surface area contributed by atoms with E-state index in [0.717, 1.165) is 5.39 Å². The Morgan fingerprint density at radius 3 is 2.36 bits per heavy atom. The fourth-order valence-electron chi connectivity index (χ4n) is 2.42. The Morgan fingerprint density at radius 2 is 1.68 bits per heavy atom. The van der Waals surface area contributed by atoms with Gasteiger partial charge in [-0.1, -0.05) is 20.8 Å². The van der Waals surface area contributed by atoms with E-state index < -0.39 is 11.0 Å². The molecule has 1 aromatic heterocycles. The lowest BCUT2D eigenvalue weighted by atomic mass is 9.95. The molecule has 0 unspecified atom stereocenters. The van der Waals surface area contributed by atoms with Gasteiger partial charge in [0.1, 0.15) is 11.3 Å². The molecule has 144 valence electrons. The van der Waals surface area contributed by atoms with Crippen molar-refractivity contribution in [2.24, 2.45) is 5.41 Å². The third kappa shape index (κ3) is 4.65. The number of hydrogen-bond donors (Lipinski definition) is 1. The lowest BCUT2D eigenvalue weighted by Gasteiger charge is -2.17. The van der Waals surface area contributed by atoms with Gasteiger partial charge in [-0.3, -0.25) is 9.59 Å². The fraction of sp³-hybridized carbons (Fsp3) is 0.227. The van der Waals surface area contributed by atoms with Gasteiger partial charge in [-0.15, -0.1) is 0 Å². The first-order valence-electron chi connectivity index (χ1n) is 8.84. The van der Waals surface area contributed by atoms with Crippen molar-refractivity contribution in [3.05, 3.63) is 70.6 Å². The van der Waals surface area contributed by atoms with Crippen LogP contribution in [0.15, 0.2) is 63.8 Å².